The highest BCUT2D eigenvalue weighted by molar-refractivity contribution is 6.30. The number of hydrogen-bond donors (Lipinski definition) is 1. The van der Waals surface area contributed by atoms with E-state index in [2.05, 4.69) is 22.1 Å². The van der Waals surface area contributed by atoms with E-state index in [0.29, 0.717) is 5.02 Å². The van der Waals surface area contributed by atoms with Crippen LogP contribution in [0.15, 0.2) is 18.3 Å². The number of aromatic nitrogens is 1. The third kappa shape index (κ3) is 3.58. The predicted molar refractivity (Wildman–Crippen MR) is 72.7 cm³/mol. The van der Waals surface area contributed by atoms with Gasteiger partial charge in [-0.3, -0.25) is 0 Å². The van der Waals surface area contributed by atoms with Crippen LogP contribution in [0.3, 0.4) is 0 Å². The summed E-state index contributed by atoms with van der Waals surface area (Å²) in [4.78, 5) is 6.73. The van der Waals surface area contributed by atoms with E-state index in [0.717, 1.165) is 37.9 Å². The molecule has 0 aliphatic carbocycles. The summed E-state index contributed by atoms with van der Waals surface area (Å²) in [7, 11) is 0. The van der Waals surface area contributed by atoms with Gasteiger partial charge in [0.1, 0.15) is 5.82 Å². The van der Waals surface area contributed by atoms with Gasteiger partial charge in [0, 0.05) is 19.3 Å². The lowest BCUT2D eigenvalue weighted by molar-refractivity contribution is 0.374. The molecule has 1 fully saturated rings. The van der Waals surface area contributed by atoms with Gasteiger partial charge in [-0.25, -0.2) is 4.98 Å². The van der Waals surface area contributed by atoms with Crippen molar-refractivity contribution >= 4 is 17.4 Å². The molecule has 4 heteroatoms. The van der Waals surface area contributed by atoms with Crippen molar-refractivity contribution in [1.82, 2.24) is 10.3 Å². The highest BCUT2D eigenvalue weighted by atomic mass is 35.5. The van der Waals surface area contributed by atoms with E-state index in [1.165, 1.54) is 12.8 Å². The van der Waals surface area contributed by atoms with Crippen molar-refractivity contribution in [3.8, 4) is 0 Å². The second kappa shape index (κ2) is 6.22. The molecule has 2 heterocycles. The lowest BCUT2D eigenvalue weighted by atomic mass is 9.97. The van der Waals surface area contributed by atoms with Gasteiger partial charge in [-0.2, -0.15) is 0 Å². The van der Waals surface area contributed by atoms with E-state index >= 15 is 0 Å². The molecule has 1 aliphatic heterocycles. The minimum atomic E-state index is 0.701. The molecule has 0 spiro atoms. The fraction of sp³-hybridized carbons (Fsp3) is 0.615. The lowest BCUT2D eigenvalue weighted by Crippen LogP contribution is -2.36. The molecule has 94 valence electrons. The molecule has 0 atom stereocenters. The molecule has 1 aromatic rings. The third-order valence-electron chi connectivity index (χ3n) is 3.35. The normalized spacial score (nSPS) is 17.1. The summed E-state index contributed by atoms with van der Waals surface area (Å²) >= 11 is 5.86. The molecule has 0 saturated carbocycles. The monoisotopic (exact) mass is 253 g/mol. The first-order valence-corrected chi connectivity index (χ1v) is 6.74. The second-order valence-corrected chi connectivity index (χ2v) is 5.00. The van der Waals surface area contributed by atoms with Crippen LogP contribution < -0.4 is 10.2 Å². The zero-order valence-corrected chi connectivity index (χ0v) is 11.1. The molecule has 0 radical (unpaired) electrons. The molecule has 0 unspecified atom stereocenters. The van der Waals surface area contributed by atoms with Crippen LogP contribution in [-0.4, -0.2) is 31.2 Å². The van der Waals surface area contributed by atoms with Gasteiger partial charge in [0.25, 0.3) is 0 Å². The van der Waals surface area contributed by atoms with Gasteiger partial charge in [0.05, 0.1) is 5.02 Å². The van der Waals surface area contributed by atoms with Crippen LogP contribution in [0.1, 0.15) is 19.8 Å². The van der Waals surface area contributed by atoms with Crippen LogP contribution in [-0.2, 0) is 0 Å². The fourth-order valence-corrected chi connectivity index (χ4v) is 2.43. The maximum Gasteiger partial charge on any atom is 0.128 e. The molecule has 0 bridgehead atoms. The molecule has 1 aromatic heterocycles. The summed E-state index contributed by atoms with van der Waals surface area (Å²) in [6, 6.07) is 3.92. The van der Waals surface area contributed by atoms with Crippen LogP contribution in [0.5, 0.6) is 0 Å². The van der Waals surface area contributed by atoms with Crippen LogP contribution in [0.25, 0.3) is 0 Å². The standard InChI is InChI=1S/C13H20ClN3/c1-2-17(10-11-5-7-15-8-6-11)13-4-3-12(14)9-16-13/h3-4,9,11,15H,2,5-8,10H2,1H3. The van der Waals surface area contributed by atoms with Gasteiger partial charge >= 0.3 is 0 Å². The first-order chi connectivity index (χ1) is 8.29. The van der Waals surface area contributed by atoms with Gasteiger partial charge in [-0.05, 0) is 50.9 Å². The van der Waals surface area contributed by atoms with E-state index in [-0.39, 0.29) is 0 Å². The Bertz CT molecular complexity index is 333. The zero-order valence-electron chi connectivity index (χ0n) is 10.3. The number of anilines is 1. The van der Waals surface area contributed by atoms with E-state index in [9.17, 15) is 0 Å². The molecular formula is C13H20ClN3. The molecule has 0 amide bonds. The molecule has 1 aliphatic rings. The van der Waals surface area contributed by atoms with Crippen molar-refractivity contribution in [1.29, 1.82) is 0 Å². The first-order valence-electron chi connectivity index (χ1n) is 6.37. The third-order valence-corrected chi connectivity index (χ3v) is 3.58. The summed E-state index contributed by atoms with van der Waals surface area (Å²) in [5.41, 5.74) is 0. The average molecular weight is 254 g/mol. The summed E-state index contributed by atoms with van der Waals surface area (Å²) in [6.45, 7) is 6.58. The van der Waals surface area contributed by atoms with Crippen LogP contribution in [0.4, 0.5) is 5.82 Å². The number of pyridine rings is 1. The van der Waals surface area contributed by atoms with Crippen LogP contribution in [0, 0.1) is 5.92 Å². The molecule has 1 saturated heterocycles. The Balaban J connectivity index is 1.97. The minimum absolute atomic E-state index is 0.701. The topological polar surface area (TPSA) is 28.2 Å². The number of nitrogens with zero attached hydrogens (tertiary/aromatic N) is 2. The van der Waals surface area contributed by atoms with Crippen molar-refractivity contribution in [2.45, 2.75) is 19.8 Å². The number of rotatable bonds is 4. The van der Waals surface area contributed by atoms with Crippen molar-refractivity contribution in [2.24, 2.45) is 5.92 Å². The Kier molecular flexibility index (Phi) is 4.63. The molecular weight excluding hydrogens is 234 g/mol. The Morgan fingerprint density at radius 3 is 2.76 bits per heavy atom. The predicted octanol–water partition coefficient (Wildman–Crippen LogP) is 2.56. The number of hydrogen-bond acceptors (Lipinski definition) is 3. The van der Waals surface area contributed by atoms with Gasteiger partial charge < -0.3 is 10.2 Å². The minimum Gasteiger partial charge on any atom is -0.357 e. The number of halogens is 1. The maximum absolute atomic E-state index is 5.86. The largest absolute Gasteiger partial charge is 0.357 e. The highest BCUT2D eigenvalue weighted by Crippen LogP contribution is 2.19. The van der Waals surface area contributed by atoms with E-state index < -0.39 is 0 Å². The summed E-state index contributed by atoms with van der Waals surface area (Å²) in [5, 5.41) is 4.10. The van der Waals surface area contributed by atoms with Crippen molar-refractivity contribution in [2.75, 3.05) is 31.1 Å². The highest BCUT2D eigenvalue weighted by Gasteiger charge is 2.16. The summed E-state index contributed by atoms with van der Waals surface area (Å²) in [5.74, 6) is 1.82. The fourth-order valence-electron chi connectivity index (χ4n) is 2.32. The van der Waals surface area contributed by atoms with Gasteiger partial charge in [-0.1, -0.05) is 11.6 Å². The van der Waals surface area contributed by atoms with Gasteiger partial charge in [0.2, 0.25) is 0 Å². The van der Waals surface area contributed by atoms with Crippen LogP contribution >= 0.6 is 11.6 Å². The molecule has 2 rings (SSSR count). The average Bonchev–Trinajstić information content (AvgIpc) is 2.38. The van der Waals surface area contributed by atoms with Gasteiger partial charge in [0.15, 0.2) is 0 Å². The van der Waals surface area contributed by atoms with Gasteiger partial charge in [-0.15, -0.1) is 0 Å². The smallest absolute Gasteiger partial charge is 0.128 e. The van der Waals surface area contributed by atoms with Crippen molar-refractivity contribution in [3.05, 3.63) is 23.4 Å². The summed E-state index contributed by atoms with van der Waals surface area (Å²) < 4.78 is 0. The van der Waals surface area contributed by atoms with E-state index in [4.69, 9.17) is 11.6 Å². The zero-order chi connectivity index (χ0) is 12.1. The lowest BCUT2D eigenvalue weighted by Gasteiger charge is -2.30. The molecule has 3 nitrogen and oxygen atoms in total. The van der Waals surface area contributed by atoms with Crippen molar-refractivity contribution < 1.29 is 0 Å². The first kappa shape index (κ1) is 12.7. The van der Waals surface area contributed by atoms with E-state index in [1.807, 2.05) is 12.1 Å². The Morgan fingerprint density at radius 1 is 1.41 bits per heavy atom. The quantitative estimate of drug-likeness (QED) is 0.894. The maximum atomic E-state index is 5.86. The second-order valence-electron chi connectivity index (χ2n) is 4.57. The Morgan fingerprint density at radius 2 is 2.18 bits per heavy atom. The van der Waals surface area contributed by atoms with E-state index in [1.54, 1.807) is 6.20 Å². The molecule has 0 aromatic carbocycles. The molecule has 17 heavy (non-hydrogen) atoms. The Labute approximate surface area is 108 Å². The SMILES string of the molecule is CCN(CC1CCNCC1)c1ccc(Cl)cn1. The number of nitrogens with one attached hydrogen (secondary N) is 1. The number of piperidine rings is 1. The summed E-state index contributed by atoms with van der Waals surface area (Å²) in [6.07, 6.45) is 4.26. The van der Waals surface area contributed by atoms with Crippen molar-refractivity contribution in [3.63, 3.8) is 0 Å². The molecule has 1 N–H and O–H groups in total. The Hall–Kier alpha value is -0.800. The van der Waals surface area contributed by atoms with Crippen LogP contribution in [0.2, 0.25) is 5.02 Å².